The Balaban J connectivity index is 1.94. The predicted octanol–water partition coefficient (Wildman–Crippen LogP) is 2.72. The van der Waals surface area contributed by atoms with Crippen LogP contribution in [-0.4, -0.2) is 22.1 Å². The fourth-order valence-corrected chi connectivity index (χ4v) is 2.29. The van der Waals surface area contributed by atoms with Crippen molar-refractivity contribution in [2.24, 2.45) is 0 Å². The van der Waals surface area contributed by atoms with E-state index in [4.69, 9.17) is 5.11 Å². The maximum absolute atomic E-state index is 11.8. The van der Waals surface area contributed by atoms with Gasteiger partial charge in [-0.05, 0) is 24.6 Å². The van der Waals surface area contributed by atoms with Crippen LogP contribution in [0.1, 0.15) is 11.3 Å². The van der Waals surface area contributed by atoms with Crippen LogP contribution in [0.5, 0.6) is 0 Å². The van der Waals surface area contributed by atoms with Crippen molar-refractivity contribution in [2.75, 3.05) is 10.6 Å². The molecule has 104 valence electrons. The van der Waals surface area contributed by atoms with Crippen LogP contribution in [0.15, 0.2) is 29.6 Å². The second-order valence-corrected chi connectivity index (χ2v) is 5.02. The zero-order valence-electron chi connectivity index (χ0n) is 10.7. The van der Waals surface area contributed by atoms with Gasteiger partial charge in [0, 0.05) is 11.1 Å². The van der Waals surface area contributed by atoms with Crippen LogP contribution >= 0.6 is 11.3 Å². The maximum Gasteiger partial charge on any atom is 0.325 e. The van der Waals surface area contributed by atoms with Gasteiger partial charge in [-0.1, -0.05) is 12.1 Å². The standard InChI is InChI=1S/C13H13N3O3S/c1-8-3-2-4-9(5-8)14-12(19)16-13-15-10(7-20-13)6-11(17)18/h2-5,7H,6H2,1H3,(H,17,18)(H2,14,15,16,19). The van der Waals surface area contributed by atoms with Gasteiger partial charge in [-0.2, -0.15) is 0 Å². The Morgan fingerprint density at radius 3 is 2.85 bits per heavy atom. The summed E-state index contributed by atoms with van der Waals surface area (Å²) in [7, 11) is 0. The lowest BCUT2D eigenvalue weighted by molar-refractivity contribution is -0.136. The minimum atomic E-state index is -0.953. The Bertz CT molecular complexity index is 639. The van der Waals surface area contributed by atoms with Crippen LogP contribution in [-0.2, 0) is 11.2 Å². The Labute approximate surface area is 119 Å². The molecule has 0 saturated heterocycles. The van der Waals surface area contributed by atoms with Gasteiger partial charge in [-0.25, -0.2) is 9.78 Å². The summed E-state index contributed by atoms with van der Waals surface area (Å²) >= 11 is 1.19. The molecule has 0 unspecified atom stereocenters. The zero-order chi connectivity index (χ0) is 14.5. The number of nitrogens with zero attached hydrogens (tertiary/aromatic N) is 1. The van der Waals surface area contributed by atoms with E-state index in [0.717, 1.165) is 5.56 Å². The summed E-state index contributed by atoms with van der Waals surface area (Å²) < 4.78 is 0. The number of carbonyl (C=O) groups is 2. The molecule has 0 aliphatic heterocycles. The SMILES string of the molecule is Cc1cccc(NC(=O)Nc2nc(CC(=O)O)cs2)c1. The van der Waals surface area contributed by atoms with Gasteiger partial charge >= 0.3 is 12.0 Å². The topological polar surface area (TPSA) is 91.3 Å². The number of amides is 2. The molecule has 2 aromatic rings. The Morgan fingerprint density at radius 2 is 2.15 bits per heavy atom. The molecule has 2 amide bonds. The summed E-state index contributed by atoms with van der Waals surface area (Å²) in [6.45, 7) is 1.93. The number of aryl methyl sites for hydroxylation is 1. The number of aliphatic carboxylic acids is 1. The molecule has 0 aliphatic rings. The Morgan fingerprint density at radius 1 is 1.35 bits per heavy atom. The van der Waals surface area contributed by atoms with Crippen molar-refractivity contribution >= 4 is 34.2 Å². The number of hydrogen-bond acceptors (Lipinski definition) is 4. The van der Waals surface area contributed by atoms with Crippen molar-refractivity contribution < 1.29 is 14.7 Å². The summed E-state index contributed by atoms with van der Waals surface area (Å²) in [5, 5.41) is 15.9. The normalized spacial score (nSPS) is 10.1. The molecule has 20 heavy (non-hydrogen) atoms. The van der Waals surface area contributed by atoms with E-state index in [0.29, 0.717) is 16.5 Å². The highest BCUT2D eigenvalue weighted by atomic mass is 32.1. The molecule has 1 aromatic carbocycles. The van der Waals surface area contributed by atoms with Crippen LogP contribution in [0.4, 0.5) is 15.6 Å². The molecule has 0 fully saturated rings. The molecule has 0 aliphatic carbocycles. The maximum atomic E-state index is 11.8. The van der Waals surface area contributed by atoms with Crippen molar-refractivity contribution in [1.82, 2.24) is 4.98 Å². The summed E-state index contributed by atoms with van der Waals surface area (Å²) in [4.78, 5) is 26.3. The summed E-state index contributed by atoms with van der Waals surface area (Å²) in [5.41, 5.74) is 2.15. The van der Waals surface area contributed by atoms with Crippen molar-refractivity contribution in [3.63, 3.8) is 0 Å². The molecule has 0 bridgehead atoms. The van der Waals surface area contributed by atoms with E-state index in [-0.39, 0.29) is 6.42 Å². The minimum Gasteiger partial charge on any atom is -0.481 e. The van der Waals surface area contributed by atoms with E-state index >= 15 is 0 Å². The van der Waals surface area contributed by atoms with Crippen molar-refractivity contribution in [1.29, 1.82) is 0 Å². The number of nitrogens with one attached hydrogen (secondary N) is 2. The minimum absolute atomic E-state index is 0.155. The third-order valence-corrected chi connectivity index (χ3v) is 3.19. The molecule has 3 N–H and O–H groups in total. The molecule has 0 radical (unpaired) electrons. The van der Waals surface area contributed by atoms with Crippen LogP contribution in [0, 0.1) is 6.92 Å². The largest absolute Gasteiger partial charge is 0.481 e. The van der Waals surface area contributed by atoms with Crippen LogP contribution < -0.4 is 10.6 Å². The molecule has 0 atom stereocenters. The first kappa shape index (κ1) is 14.0. The monoisotopic (exact) mass is 291 g/mol. The molecule has 2 rings (SSSR count). The fourth-order valence-electron chi connectivity index (χ4n) is 1.58. The van der Waals surface area contributed by atoms with Crippen molar-refractivity contribution in [3.8, 4) is 0 Å². The van der Waals surface area contributed by atoms with Crippen LogP contribution in [0.25, 0.3) is 0 Å². The smallest absolute Gasteiger partial charge is 0.325 e. The molecular formula is C13H13N3O3S. The van der Waals surface area contributed by atoms with E-state index in [1.807, 2.05) is 25.1 Å². The van der Waals surface area contributed by atoms with Gasteiger partial charge < -0.3 is 10.4 Å². The Kier molecular flexibility index (Phi) is 4.31. The van der Waals surface area contributed by atoms with Crippen molar-refractivity contribution in [3.05, 3.63) is 40.9 Å². The lowest BCUT2D eigenvalue weighted by atomic mass is 10.2. The molecule has 7 heteroatoms. The number of aromatic nitrogens is 1. The number of carbonyl (C=O) groups excluding carboxylic acids is 1. The Hall–Kier alpha value is -2.41. The van der Waals surface area contributed by atoms with Gasteiger partial charge in [0.05, 0.1) is 12.1 Å². The average Bonchev–Trinajstić information content (AvgIpc) is 2.75. The molecule has 1 aromatic heterocycles. The van der Waals surface area contributed by atoms with Crippen LogP contribution in [0.2, 0.25) is 0 Å². The number of rotatable bonds is 4. The number of thiazole rings is 1. The number of carboxylic acids is 1. The van der Waals surface area contributed by atoms with Gasteiger partial charge in [0.25, 0.3) is 0 Å². The quantitative estimate of drug-likeness (QED) is 0.807. The first-order chi connectivity index (χ1) is 9.52. The van der Waals surface area contributed by atoms with Gasteiger partial charge in [-0.3, -0.25) is 10.1 Å². The zero-order valence-corrected chi connectivity index (χ0v) is 11.5. The number of carboxylic acid groups (broad SMARTS) is 1. The highest BCUT2D eigenvalue weighted by molar-refractivity contribution is 7.13. The summed E-state index contributed by atoms with van der Waals surface area (Å²) in [5.74, 6) is -0.953. The number of benzene rings is 1. The lowest BCUT2D eigenvalue weighted by Crippen LogP contribution is -2.19. The van der Waals surface area contributed by atoms with Crippen LogP contribution in [0.3, 0.4) is 0 Å². The second kappa shape index (κ2) is 6.16. The second-order valence-electron chi connectivity index (χ2n) is 4.16. The lowest BCUT2D eigenvalue weighted by Gasteiger charge is -2.05. The molecule has 0 saturated carbocycles. The third kappa shape index (κ3) is 4.06. The number of anilines is 2. The van der Waals surface area contributed by atoms with E-state index in [1.54, 1.807) is 11.4 Å². The average molecular weight is 291 g/mol. The van der Waals surface area contributed by atoms with Gasteiger partial charge in [0.15, 0.2) is 5.13 Å². The van der Waals surface area contributed by atoms with Gasteiger partial charge in [-0.15, -0.1) is 11.3 Å². The summed E-state index contributed by atoms with van der Waals surface area (Å²) in [6, 6.07) is 7.00. The number of hydrogen-bond donors (Lipinski definition) is 3. The fraction of sp³-hybridized carbons (Fsp3) is 0.154. The van der Waals surface area contributed by atoms with E-state index in [2.05, 4.69) is 15.6 Å². The predicted molar refractivity (Wildman–Crippen MR) is 77.3 cm³/mol. The first-order valence-electron chi connectivity index (χ1n) is 5.84. The summed E-state index contributed by atoms with van der Waals surface area (Å²) in [6.07, 6.45) is -0.155. The van der Waals surface area contributed by atoms with Gasteiger partial charge in [0.1, 0.15) is 0 Å². The molecule has 0 spiro atoms. The van der Waals surface area contributed by atoms with Crippen molar-refractivity contribution in [2.45, 2.75) is 13.3 Å². The molecule has 6 nitrogen and oxygen atoms in total. The first-order valence-corrected chi connectivity index (χ1v) is 6.72. The molecule has 1 heterocycles. The highest BCUT2D eigenvalue weighted by Gasteiger charge is 2.09. The van der Waals surface area contributed by atoms with E-state index in [1.165, 1.54) is 11.3 Å². The highest BCUT2D eigenvalue weighted by Crippen LogP contribution is 2.16. The number of urea groups is 1. The van der Waals surface area contributed by atoms with E-state index in [9.17, 15) is 9.59 Å². The van der Waals surface area contributed by atoms with Gasteiger partial charge in [0.2, 0.25) is 0 Å². The molecular weight excluding hydrogens is 278 g/mol. The van der Waals surface area contributed by atoms with E-state index < -0.39 is 12.0 Å². The third-order valence-electron chi connectivity index (χ3n) is 2.38.